The molecule has 1 aromatic carbocycles. The van der Waals surface area contributed by atoms with Crippen LogP contribution in [0.2, 0.25) is 5.02 Å². The highest BCUT2D eigenvalue weighted by molar-refractivity contribution is 6.32. The molecule has 1 rings (SSSR count). The van der Waals surface area contributed by atoms with Gasteiger partial charge < -0.3 is 9.47 Å². The van der Waals surface area contributed by atoms with Crippen molar-refractivity contribution < 1.29 is 9.47 Å². The molecule has 16 heavy (non-hydrogen) atoms. The van der Waals surface area contributed by atoms with E-state index in [0.29, 0.717) is 23.1 Å². The van der Waals surface area contributed by atoms with Crippen LogP contribution in [0.3, 0.4) is 0 Å². The van der Waals surface area contributed by atoms with Crippen molar-refractivity contribution in [2.45, 2.75) is 26.4 Å². The monoisotopic (exact) mass is 241 g/mol. The first-order valence-electron chi connectivity index (χ1n) is 5.38. The van der Waals surface area contributed by atoms with Crippen LogP contribution in [0.4, 0.5) is 0 Å². The summed E-state index contributed by atoms with van der Waals surface area (Å²) in [6, 6.07) is 5.38. The van der Waals surface area contributed by atoms with Gasteiger partial charge in [-0.05, 0) is 31.4 Å². The van der Waals surface area contributed by atoms with Gasteiger partial charge in [-0.1, -0.05) is 25.4 Å². The van der Waals surface area contributed by atoms with Crippen LogP contribution in [0.25, 0.3) is 0 Å². The molecule has 0 aliphatic carbocycles. The van der Waals surface area contributed by atoms with Crippen molar-refractivity contribution in [2.75, 3.05) is 7.11 Å². The number of hydrogen-bond donors (Lipinski definition) is 0. The summed E-state index contributed by atoms with van der Waals surface area (Å²) < 4.78 is 11.0. The van der Waals surface area contributed by atoms with Crippen LogP contribution in [0.15, 0.2) is 18.2 Å². The Hall–Kier alpha value is -0.890. The van der Waals surface area contributed by atoms with E-state index in [9.17, 15) is 0 Å². The van der Waals surface area contributed by atoms with Crippen molar-refractivity contribution in [3.05, 3.63) is 30.1 Å². The van der Waals surface area contributed by atoms with Crippen LogP contribution in [-0.4, -0.2) is 13.2 Å². The number of rotatable bonds is 5. The predicted molar refractivity (Wildman–Crippen MR) is 67.2 cm³/mol. The minimum absolute atomic E-state index is 0.0737. The normalized spacial score (nSPS) is 12.6. The molecule has 0 saturated carbocycles. The zero-order valence-corrected chi connectivity index (χ0v) is 10.8. The lowest BCUT2D eigenvalue weighted by Gasteiger charge is -2.22. The Balaban J connectivity index is 2.86. The van der Waals surface area contributed by atoms with Gasteiger partial charge in [0.15, 0.2) is 0 Å². The topological polar surface area (TPSA) is 18.5 Å². The maximum atomic E-state index is 6.06. The average molecular weight is 242 g/mol. The molecule has 1 radical (unpaired) electrons. The third-order valence-electron chi connectivity index (χ3n) is 2.44. The largest absolute Gasteiger partial charge is 0.497 e. The Morgan fingerprint density at radius 3 is 2.56 bits per heavy atom. The molecular weight excluding hydrogens is 224 g/mol. The van der Waals surface area contributed by atoms with Gasteiger partial charge in [0.25, 0.3) is 0 Å². The number of methoxy groups -OCH3 is 1. The standard InChI is InChI=1S/C13H18ClO2/c1-5-12(9(2)3)16-13-8-10(15-4)6-7-11(13)14/h6-9,12H,1,5H2,2-4H3. The van der Waals surface area contributed by atoms with Gasteiger partial charge in [-0.3, -0.25) is 0 Å². The summed E-state index contributed by atoms with van der Waals surface area (Å²) in [4.78, 5) is 0. The first kappa shape index (κ1) is 13.2. The first-order chi connectivity index (χ1) is 7.58. The van der Waals surface area contributed by atoms with E-state index >= 15 is 0 Å². The van der Waals surface area contributed by atoms with E-state index in [2.05, 4.69) is 20.8 Å². The molecule has 1 atom stereocenters. The zero-order chi connectivity index (χ0) is 12.1. The molecule has 1 unspecified atom stereocenters. The fourth-order valence-electron chi connectivity index (χ4n) is 1.39. The highest BCUT2D eigenvalue weighted by Gasteiger charge is 2.14. The van der Waals surface area contributed by atoms with Crippen LogP contribution >= 0.6 is 11.6 Å². The maximum absolute atomic E-state index is 6.06. The van der Waals surface area contributed by atoms with Crippen molar-refractivity contribution >= 4 is 11.6 Å². The summed E-state index contributed by atoms with van der Waals surface area (Å²) in [5, 5.41) is 0.597. The lowest BCUT2D eigenvalue weighted by molar-refractivity contribution is 0.153. The van der Waals surface area contributed by atoms with Crippen molar-refractivity contribution in [1.82, 2.24) is 0 Å². The molecule has 89 valence electrons. The Bertz CT molecular complexity index is 337. The molecule has 1 aromatic rings. The molecule has 0 spiro atoms. The van der Waals surface area contributed by atoms with Gasteiger partial charge in [0.2, 0.25) is 0 Å². The van der Waals surface area contributed by atoms with E-state index in [1.165, 1.54) is 0 Å². The van der Waals surface area contributed by atoms with Crippen molar-refractivity contribution in [2.24, 2.45) is 5.92 Å². The van der Waals surface area contributed by atoms with Crippen LogP contribution in [-0.2, 0) is 0 Å². The Morgan fingerprint density at radius 1 is 1.38 bits per heavy atom. The maximum Gasteiger partial charge on any atom is 0.142 e. The molecule has 0 heterocycles. The summed E-state index contributed by atoms with van der Waals surface area (Å²) in [5.41, 5.74) is 0. The molecule has 0 saturated heterocycles. The van der Waals surface area contributed by atoms with E-state index in [0.717, 1.165) is 5.75 Å². The second kappa shape index (κ2) is 6.00. The van der Waals surface area contributed by atoms with Gasteiger partial charge >= 0.3 is 0 Å². The third-order valence-corrected chi connectivity index (χ3v) is 2.76. The minimum Gasteiger partial charge on any atom is -0.497 e. The average Bonchev–Trinajstić information content (AvgIpc) is 2.27. The molecule has 0 N–H and O–H groups in total. The van der Waals surface area contributed by atoms with Gasteiger partial charge in [-0.2, -0.15) is 0 Å². The number of benzene rings is 1. The fraction of sp³-hybridized carbons (Fsp3) is 0.462. The number of halogens is 1. The van der Waals surface area contributed by atoms with E-state index in [-0.39, 0.29) is 6.10 Å². The van der Waals surface area contributed by atoms with Gasteiger partial charge in [0, 0.05) is 6.07 Å². The highest BCUT2D eigenvalue weighted by Crippen LogP contribution is 2.31. The SMILES string of the molecule is [CH2]CC(Oc1cc(OC)ccc1Cl)C(C)C. The van der Waals surface area contributed by atoms with Crippen LogP contribution < -0.4 is 9.47 Å². The van der Waals surface area contributed by atoms with Crippen molar-refractivity contribution in [3.8, 4) is 11.5 Å². The summed E-state index contributed by atoms with van der Waals surface area (Å²) in [6.45, 7) is 8.08. The van der Waals surface area contributed by atoms with E-state index in [1.807, 2.05) is 6.07 Å². The number of ether oxygens (including phenoxy) is 2. The molecule has 0 aliphatic rings. The van der Waals surface area contributed by atoms with Crippen LogP contribution in [0, 0.1) is 12.8 Å². The van der Waals surface area contributed by atoms with Gasteiger partial charge in [0.05, 0.1) is 12.1 Å². The smallest absolute Gasteiger partial charge is 0.142 e. The molecule has 2 nitrogen and oxygen atoms in total. The molecule has 0 fully saturated rings. The second-order valence-corrected chi connectivity index (χ2v) is 4.39. The molecule has 0 aromatic heterocycles. The predicted octanol–water partition coefficient (Wildman–Crippen LogP) is 3.98. The Morgan fingerprint density at radius 2 is 2.06 bits per heavy atom. The van der Waals surface area contributed by atoms with Crippen LogP contribution in [0.1, 0.15) is 20.3 Å². The van der Waals surface area contributed by atoms with Crippen LogP contribution in [0.5, 0.6) is 11.5 Å². The van der Waals surface area contributed by atoms with Gasteiger partial charge in [0.1, 0.15) is 17.6 Å². The highest BCUT2D eigenvalue weighted by atomic mass is 35.5. The minimum atomic E-state index is 0.0737. The van der Waals surface area contributed by atoms with Crippen molar-refractivity contribution in [3.63, 3.8) is 0 Å². The van der Waals surface area contributed by atoms with E-state index in [1.54, 1.807) is 19.2 Å². The van der Waals surface area contributed by atoms with Gasteiger partial charge in [-0.15, -0.1) is 0 Å². The third kappa shape index (κ3) is 3.31. The molecule has 0 bridgehead atoms. The molecule has 3 heteroatoms. The Kier molecular flexibility index (Phi) is 4.94. The lowest BCUT2D eigenvalue weighted by atomic mass is 10.1. The second-order valence-electron chi connectivity index (χ2n) is 3.99. The van der Waals surface area contributed by atoms with Gasteiger partial charge in [-0.25, -0.2) is 0 Å². The first-order valence-corrected chi connectivity index (χ1v) is 5.75. The summed E-state index contributed by atoms with van der Waals surface area (Å²) >= 11 is 6.06. The lowest BCUT2D eigenvalue weighted by Crippen LogP contribution is -2.22. The summed E-state index contributed by atoms with van der Waals surface area (Å²) in [6.07, 6.45) is 0.787. The fourth-order valence-corrected chi connectivity index (χ4v) is 1.55. The Labute approximate surface area is 103 Å². The summed E-state index contributed by atoms with van der Waals surface area (Å²) in [5.74, 6) is 1.80. The summed E-state index contributed by atoms with van der Waals surface area (Å²) in [7, 11) is 1.62. The molecular formula is C13H18ClO2. The quantitative estimate of drug-likeness (QED) is 0.777. The van der Waals surface area contributed by atoms with E-state index < -0.39 is 0 Å². The zero-order valence-electron chi connectivity index (χ0n) is 10.00. The number of hydrogen-bond acceptors (Lipinski definition) is 2. The van der Waals surface area contributed by atoms with E-state index in [4.69, 9.17) is 21.1 Å². The van der Waals surface area contributed by atoms with Crippen molar-refractivity contribution in [1.29, 1.82) is 0 Å². The molecule has 0 amide bonds. The molecule has 0 aliphatic heterocycles.